The lowest BCUT2D eigenvalue weighted by Crippen LogP contribution is -2.26. The summed E-state index contributed by atoms with van der Waals surface area (Å²) in [5.41, 5.74) is 7.85. The molecule has 1 aliphatic heterocycles. The maximum absolute atomic E-state index is 13.9. The number of nitrogens with two attached hydrogens (primary N) is 1. The second-order valence-corrected chi connectivity index (χ2v) is 8.10. The number of halogens is 2. The van der Waals surface area contributed by atoms with E-state index in [1.807, 2.05) is 51.2 Å². The molecule has 2 aromatic rings. The van der Waals surface area contributed by atoms with Crippen molar-refractivity contribution in [2.75, 3.05) is 25.5 Å². The summed E-state index contributed by atoms with van der Waals surface area (Å²) in [5, 5.41) is 3.25. The van der Waals surface area contributed by atoms with E-state index in [1.165, 1.54) is 6.07 Å². The third-order valence-corrected chi connectivity index (χ3v) is 5.36. The number of benzene rings is 2. The van der Waals surface area contributed by atoms with Crippen molar-refractivity contribution in [2.45, 2.75) is 32.4 Å². The monoisotopic (exact) mass is 418 g/mol. The minimum absolute atomic E-state index is 0.0887. The van der Waals surface area contributed by atoms with Crippen molar-refractivity contribution >= 4 is 23.2 Å². The highest BCUT2D eigenvalue weighted by atomic mass is 35.5. The van der Waals surface area contributed by atoms with Crippen molar-refractivity contribution in [2.24, 2.45) is 16.6 Å². The molecule has 3 N–H and O–H groups in total. The summed E-state index contributed by atoms with van der Waals surface area (Å²) >= 11 is 5.83. The van der Waals surface area contributed by atoms with Crippen molar-refractivity contribution in [1.29, 1.82) is 0 Å². The molecule has 1 heterocycles. The van der Waals surface area contributed by atoms with Gasteiger partial charge in [0.25, 0.3) is 0 Å². The number of hydrogen-bond donors (Lipinski definition) is 2. The molecule has 5 nitrogen and oxygen atoms in total. The van der Waals surface area contributed by atoms with Gasteiger partial charge < -0.3 is 15.8 Å². The van der Waals surface area contributed by atoms with Crippen molar-refractivity contribution in [3.05, 3.63) is 58.9 Å². The molecule has 0 aromatic heterocycles. The number of aliphatic imine (C=N–C) groups is 1. The highest BCUT2D eigenvalue weighted by Crippen LogP contribution is 2.37. The average molecular weight is 419 g/mol. The maximum Gasteiger partial charge on any atom is 0.193 e. The molecule has 156 valence electrons. The Morgan fingerprint density at radius 2 is 2.03 bits per heavy atom. The molecule has 0 spiro atoms. The summed E-state index contributed by atoms with van der Waals surface area (Å²) in [6.45, 7) is 5.47. The molecular weight excluding hydrogens is 391 g/mol. The van der Waals surface area contributed by atoms with E-state index in [-0.39, 0.29) is 23.1 Å². The number of anilines is 1. The molecule has 7 heteroatoms. The smallest absolute Gasteiger partial charge is 0.193 e. The molecule has 1 aliphatic rings. The van der Waals surface area contributed by atoms with Gasteiger partial charge in [-0.15, -0.1) is 0 Å². The molecule has 29 heavy (non-hydrogen) atoms. The van der Waals surface area contributed by atoms with Crippen LogP contribution in [-0.2, 0) is 0 Å². The molecule has 0 aliphatic carbocycles. The Kier molecular flexibility index (Phi) is 6.98. The number of nitrogens with one attached hydrogen (secondary N) is 1. The minimum Gasteiger partial charge on any atom is -0.491 e. The van der Waals surface area contributed by atoms with Gasteiger partial charge in [0, 0.05) is 18.3 Å². The normalized spacial score (nSPS) is 20.3. The van der Waals surface area contributed by atoms with Crippen LogP contribution in [0.5, 0.6) is 5.75 Å². The van der Waals surface area contributed by atoms with E-state index in [0.29, 0.717) is 12.5 Å². The van der Waals surface area contributed by atoms with Crippen LogP contribution in [0.25, 0.3) is 0 Å². The molecule has 0 bridgehead atoms. The Bertz CT molecular complexity index is 856. The average Bonchev–Trinajstić information content (AvgIpc) is 3.04. The molecule has 1 saturated heterocycles. The van der Waals surface area contributed by atoms with E-state index in [9.17, 15) is 4.39 Å². The summed E-state index contributed by atoms with van der Waals surface area (Å²) in [6.07, 6.45) is 1.11. The van der Waals surface area contributed by atoms with Crippen LogP contribution < -0.4 is 15.8 Å². The molecule has 1 fully saturated rings. The van der Waals surface area contributed by atoms with Crippen molar-refractivity contribution < 1.29 is 9.13 Å². The molecule has 2 unspecified atom stereocenters. The number of nitrogens with zero attached hydrogens (tertiary/aromatic N) is 2. The molecule has 2 atom stereocenters. The number of likely N-dealkylation sites (tertiary alicyclic amines) is 1. The first kappa shape index (κ1) is 21.4. The van der Waals surface area contributed by atoms with E-state index < -0.39 is 5.82 Å². The summed E-state index contributed by atoms with van der Waals surface area (Å²) < 4.78 is 19.6. The van der Waals surface area contributed by atoms with Crippen LogP contribution in [0.1, 0.15) is 31.9 Å². The van der Waals surface area contributed by atoms with Gasteiger partial charge in [-0.25, -0.2) is 4.39 Å². The predicted molar refractivity (Wildman–Crippen MR) is 117 cm³/mol. The molecule has 0 amide bonds. The minimum atomic E-state index is -0.391. The van der Waals surface area contributed by atoms with Gasteiger partial charge in [-0.2, -0.15) is 0 Å². The van der Waals surface area contributed by atoms with Crippen LogP contribution in [0.4, 0.5) is 10.1 Å². The zero-order chi connectivity index (χ0) is 21.0. The van der Waals surface area contributed by atoms with Crippen LogP contribution in [0.2, 0.25) is 5.02 Å². The third-order valence-electron chi connectivity index (χ3n) is 5.05. The summed E-state index contributed by atoms with van der Waals surface area (Å²) in [5.74, 6) is 1.03. The van der Waals surface area contributed by atoms with E-state index in [1.54, 1.807) is 6.07 Å². The van der Waals surface area contributed by atoms with E-state index in [0.717, 1.165) is 30.0 Å². The van der Waals surface area contributed by atoms with E-state index in [4.69, 9.17) is 22.1 Å². The third kappa shape index (κ3) is 5.61. The van der Waals surface area contributed by atoms with Crippen LogP contribution in [0.3, 0.4) is 0 Å². The molecule has 0 radical (unpaired) electrons. The van der Waals surface area contributed by atoms with E-state index >= 15 is 0 Å². The Labute approximate surface area is 176 Å². The first-order valence-electron chi connectivity index (χ1n) is 9.82. The van der Waals surface area contributed by atoms with Gasteiger partial charge in [0.1, 0.15) is 11.6 Å². The van der Waals surface area contributed by atoms with Crippen LogP contribution in [-0.4, -0.2) is 37.1 Å². The largest absolute Gasteiger partial charge is 0.491 e. The topological polar surface area (TPSA) is 62.9 Å². The van der Waals surface area contributed by atoms with Crippen LogP contribution >= 0.6 is 11.6 Å². The highest BCUT2D eigenvalue weighted by molar-refractivity contribution is 6.30. The summed E-state index contributed by atoms with van der Waals surface area (Å²) in [7, 11) is 2.04. The highest BCUT2D eigenvalue weighted by Gasteiger charge is 2.33. The van der Waals surface area contributed by atoms with Gasteiger partial charge in [-0.05, 0) is 81.7 Å². The Morgan fingerprint density at radius 3 is 2.69 bits per heavy atom. The molecule has 3 rings (SSSR count). The van der Waals surface area contributed by atoms with Crippen LogP contribution in [0, 0.1) is 11.7 Å². The molecule has 2 aromatic carbocycles. The van der Waals surface area contributed by atoms with Gasteiger partial charge >= 0.3 is 0 Å². The quantitative estimate of drug-likeness (QED) is 0.527. The summed E-state index contributed by atoms with van der Waals surface area (Å²) in [4.78, 5) is 6.75. The fraction of sp³-hybridized carbons (Fsp3) is 0.409. The fourth-order valence-electron chi connectivity index (χ4n) is 3.73. The van der Waals surface area contributed by atoms with Crippen molar-refractivity contribution in [3.8, 4) is 5.75 Å². The molecule has 0 saturated carbocycles. The van der Waals surface area contributed by atoms with E-state index in [2.05, 4.69) is 15.2 Å². The lowest BCUT2D eigenvalue weighted by atomic mass is 9.94. The lowest BCUT2D eigenvalue weighted by molar-refractivity contribution is 0.242. The summed E-state index contributed by atoms with van der Waals surface area (Å²) in [6, 6.07) is 12.7. The van der Waals surface area contributed by atoms with Gasteiger partial charge in [-0.1, -0.05) is 17.7 Å². The van der Waals surface area contributed by atoms with Crippen LogP contribution in [0.15, 0.2) is 47.5 Å². The SMILES string of the molecule is CC(C)Oc1ccc(NC(N)=NCC2CCN(C)C2c2ccc(Cl)c(F)c2)cc1. The van der Waals surface area contributed by atoms with Gasteiger partial charge in [0.05, 0.1) is 11.1 Å². The van der Waals surface area contributed by atoms with Gasteiger partial charge in [0.2, 0.25) is 0 Å². The zero-order valence-electron chi connectivity index (χ0n) is 17.0. The number of ether oxygens (including phenoxy) is 1. The standard InChI is InChI=1S/C22H28ClFN4O/c1-14(2)29-18-7-5-17(6-8-18)27-22(25)26-13-16-10-11-28(3)21(16)15-4-9-19(23)20(24)12-15/h4-9,12,14,16,21H,10-11,13H2,1-3H3,(H3,25,26,27). The fourth-order valence-corrected chi connectivity index (χ4v) is 3.85. The number of guanidine groups is 1. The second-order valence-electron chi connectivity index (χ2n) is 7.69. The molecular formula is C22H28ClFN4O. The van der Waals surface area contributed by atoms with Gasteiger partial charge in [-0.3, -0.25) is 9.89 Å². The Hall–Kier alpha value is -2.31. The maximum atomic E-state index is 13.9. The first-order valence-corrected chi connectivity index (χ1v) is 10.2. The Balaban J connectivity index is 1.63. The lowest BCUT2D eigenvalue weighted by Gasteiger charge is -2.25. The predicted octanol–water partition coefficient (Wildman–Crippen LogP) is 4.69. The van der Waals surface area contributed by atoms with Crippen molar-refractivity contribution in [1.82, 2.24) is 4.90 Å². The van der Waals surface area contributed by atoms with Crippen molar-refractivity contribution in [3.63, 3.8) is 0 Å². The number of rotatable bonds is 6. The second kappa shape index (κ2) is 9.46. The Morgan fingerprint density at radius 1 is 1.31 bits per heavy atom. The van der Waals surface area contributed by atoms with Gasteiger partial charge in [0.15, 0.2) is 5.96 Å². The first-order chi connectivity index (χ1) is 13.8. The number of hydrogen-bond acceptors (Lipinski definition) is 3. The zero-order valence-corrected chi connectivity index (χ0v) is 17.8.